The van der Waals surface area contributed by atoms with Crippen LogP contribution < -0.4 is 10.6 Å². The first kappa shape index (κ1) is 17.7. The van der Waals surface area contributed by atoms with E-state index in [2.05, 4.69) is 40.6 Å². The summed E-state index contributed by atoms with van der Waals surface area (Å²) < 4.78 is 0. The van der Waals surface area contributed by atoms with Gasteiger partial charge in [0.2, 0.25) is 5.95 Å². The molecule has 140 valence electrons. The van der Waals surface area contributed by atoms with Crippen LogP contribution in [-0.4, -0.2) is 46.0 Å². The van der Waals surface area contributed by atoms with Crippen LogP contribution in [0.2, 0.25) is 0 Å². The number of benzene rings is 1. The van der Waals surface area contributed by atoms with Crippen LogP contribution >= 0.6 is 0 Å². The van der Waals surface area contributed by atoms with E-state index in [9.17, 15) is 0 Å². The van der Waals surface area contributed by atoms with E-state index in [0.29, 0.717) is 12.0 Å². The number of aromatic nitrogens is 3. The van der Waals surface area contributed by atoms with Crippen molar-refractivity contribution in [2.24, 2.45) is 0 Å². The SMILES string of the molecule is Cc1cc(C)c2c(Nc3ccccc3)nc(NC3CCN(C)CC3)nc2n1. The molecule has 0 aliphatic carbocycles. The molecule has 4 rings (SSSR count). The molecule has 0 unspecified atom stereocenters. The number of hydrogen-bond donors (Lipinski definition) is 2. The highest BCUT2D eigenvalue weighted by molar-refractivity contribution is 5.92. The van der Waals surface area contributed by atoms with Crippen LogP contribution in [0.1, 0.15) is 24.1 Å². The van der Waals surface area contributed by atoms with E-state index in [0.717, 1.165) is 59.7 Å². The van der Waals surface area contributed by atoms with Crippen LogP contribution in [0.15, 0.2) is 36.4 Å². The molecule has 0 bridgehead atoms. The second kappa shape index (κ2) is 7.48. The number of pyridine rings is 1. The lowest BCUT2D eigenvalue weighted by Crippen LogP contribution is -2.37. The molecule has 6 heteroatoms. The van der Waals surface area contributed by atoms with E-state index in [1.54, 1.807) is 0 Å². The van der Waals surface area contributed by atoms with Crippen LogP contribution in [-0.2, 0) is 0 Å². The Kier molecular flexibility index (Phi) is 4.90. The second-order valence-corrected chi connectivity index (χ2v) is 7.39. The molecule has 1 aliphatic heterocycles. The Bertz CT molecular complexity index is 932. The maximum Gasteiger partial charge on any atom is 0.226 e. The Morgan fingerprint density at radius 1 is 1.00 bits per heavy atom. The van der Waals surface area contributed by atoms with Gasteiger partial charge < -0.3 is 15.5 Å². The van der Waals surface area contributed by atoms with Crippen LogP contribution in [0.3, 0.4) is 0 Å². The van der Waals surface area contributed by atoms with Gasteiger partial charge in [-0.3, -0.25) is 0 Å². The maximum absolute atomic E-state index is 4.81. The summed E-state index contributed by atoms with van der Waals surface area (Å²) in [5.41, 5.74) is 3.83. The van der Waals surface area contributed by atoms with Crippen LogP contribution in [0.25, 0.3) is 11.0 Å². The molecule has 0 saturated carbocycles. The van der Waals surface area contributed by atoms with Crippen molar-refractivity contribution >= 4 is 28.5 Å². The van der Waals surface area contributed by atoms with Gasteiger partial charge in [0.15, 0.2) is 5.65 Å². The van der Waals surface area contributed by atoms with Crippen molar-refractivity contribution in [1.82, 2.24) is 19.9 Å². The summed E-state index contributed by atoms with van der Waals surface area (Å²) >= 11 is 0. The first-order chi connectivity index (χ1) is 13.1. The molecule has 6 nitrogen and oxygen atoms in total. The largest absolute Gasteiger partial charge is 0.351 e. The smallest absolute Gasteiger partial charge is 0.226 e. The van der Waals surface area contributed by atoms with Crippen LogP contribution in [0.5, 0.6) is 0 Å². The van der Waals surface area contributed by atoms with Gasteiger partial charge in [-0.25, -0.2) is 4.98 Å². The molecule has 3 heterocycles. The summed E-state index contributed by atoms with van der Waals surface area (Å²) in [6, 6.07) is 12.6. The zero-order valence-corrected chi connectivity index (χ0v) is 16.2. The van der Waals surface area contributed by atoms with Gasteiger partial charge in [-0.15, -0.1) is 0 Å². The second-order valence-electron chi connectivity index (χ2n) is 7.39. The highest BCUT2D eigenvalue weighted by Crippen LogP contribution is 2.28. The Morgan fingerprint density at radius 2 is 1.74 bits per heavy atom. The summed E-state index contributed by atoms with van der Waals surface area (Å²) in [5.74, 6) is 1.44. The van der Waals surface area contributed by atoms with E-state index in [1.165, 1.54) is 0 Å². The zero-order chi connectivity index (χ0) is 18.8. The number of fused-ring (bicyclic) bond motifs is 1. The van der Waals surface area contributed by atoms with Crippen LogP contribution in [0, 0.1) is 13.8 Å². The molecule has 3 aromatic rings. The van der Waals surface area contributed by atoms with E-state index in [4.69, 9.17) is 9.97 Å². The molecule has 2 N–H and O–H groups in total. The Morgan fingerprint density at radius 3 is 2.48 bits per heavy atom. The van der Waals surface area contributed by atoms with Crippen molar-refractivity contribution in [3.8, 4) is 0 Å². The topological polar surface area (TPSA) is 66.0 Å². The third kappa shape index (κ3) is 4.01. The minimum Gasteiger partial charge on any atom is -0.351 e. The average Bonchev–Trinajstić information content (AvgIpc) is 2.64. The number of hydrogen-bond acceptors (Lipinski definition) is 6. The number of anilines is 3. The van der Waals surface area contributed by atoms with Crippen molar-refractivity contribution in [1.29, 1.82) is 0 Å². The quantitative estimate of drug-likeness (QED) is 0.734. The number of para-hydroxylation sites is 1. The third-order valence-corrected chi connectivity index (χ3v) is 5.08. The van der Waals surface area contributed by atoms with Crippen molar-refractivity contribution in [2.75, 3.05) is 30.8 Å². The molecule has 27 heavy (non-hydrogen) atoms. The Hall–Kier alpha value is -2.73. The van der Waals surface area contributed by atoms with Gasteiger partial charge in [0.25, 0.3) is 0 Å². The number of aryl methyl sites for hydroxylation is 2. The number of piperidine rings is 1. The molecule has 0 radical (unpaired) electrons. The van der Waals surface area contributed by atoms with E-state index in [1.807, 2.05) is 37.3 Å². The van der Waals surface area contributed by atoms with Gasteiger partial charge in [0, 0.05) is 17.4 Å². The van der Waals surface area contributed by atoms with Crippen molar-refractivity contribution in [3.63, 3.8) is 0 Å². The number of likely N-dealkylation sites (tertiary alicyclic amines) is 1. The Labute approximate surface area is 160 Å². The third-order valence-electron chi connectivity index (χ3n) is 5.08. The van der Waals surface area contributed by atoms with Crippen LogP contribution in [0.4, 0.5) is 17.5 Å². The molecule has 2 aromatic heterocycles. The molecule has 0 spiro atoms. The monoisotopic (exact) mass is 362 g/mol. The molecule has 0 amide bonds. The first-order valence-corrected chi connectivity index (χ1v) is 9.51. The molecule has 1 aliphatic rings. The minimum atomic E-state index is 0.397. The molecular formula is C21H26N6. The van der Waals surface area contributed by atoms with Gasteiger partial charge in [0.1, 0.15) is 5.82 Å². The highest BCUT2D eigenvalue weighted by Gasteiger charge is 2.19. The number of rotatable bonds is 4. The fourth-order valence-corrected chi connectivity index (χ4v) is 3.63. The summed E-state index contributed by atoms with van der Waals surface area (Å²) in [4.78, 5) is 16.6. The molecule has 0 atom stereocenters. The number of nitrogens with zero attached hydrogens (tertiary/aromatic N) is 4. The summed E-state index contributed by atoms with van der Waals surface area (Å²) in [6.07, 6.45) is 2.19. The molecule has 1 fully saturated rings. The summed E-state index contributed by atoms with van der Waals surface area (Å²) in [7, 11) is 2.17. The molecule has 1 aromatic carbocycles. The lowest BCUT2D eigenvalue weighted by molar-refractivity contribution is 0.263. The van der Waals surface area contributed by atoms with E-state index in [-0.39, 0.29) is 0 Å². The lowest BCUT2D eigenvalue weighted by Gasteiger charge is -2.29. The lowest BCUT2D eigenvalue weighted by atomic mass is 10.1. The van der Waals surface area contributed by atoms with E-state index < -0.39 is 0 Å². The fourth-order valence-electron chi connectivity index (χ4n) is 3.63. The fraction of sp³-hybridized carbons (Fsp3) is 0.381. The van der Waals surface area contributed by atoms with Gasteiger partial charge in [-0.2, -0.15) is 9.97 Å². The van der Waals surface area contributed by atoms with Gasteiger partial charge in [0.05, 0.1) is 5.39 Å². The predicted octanol–water partition coefficient (Wildman–Crippen LogP) is 3.89. The minimum absolute atomic E-state index is 0.397. The normalized spacial score (nSPS) is 15.8. The molecular weight excluding hydrogens is 336 g/mol. The molecule has 1 saturated heterocycles. The number of nitrogens with one attached hydrogen (secondary N) is 2. The Balaban J connectivity index is 1.72. The predicted molar refractivity (Wildman–Crippen MR) is 111 cm³/mol. The highest BCUT2D eigenvalue weighted by atomic mass is 15.2. The zero-order valence-electron chi connectivity index (χ0n) is 16.2. The standard InChI is InChI=1S/C21H26N6/c1-14-13-15(2)22-19-18(14)20(23-16-7-5-4-6-8-16)26-21(25-19)24-17-9-11-27(3)12-10-17/h4-8,13,17H,9-12H2,1-3H3,(H2,22,23,24,25,26). The van der Waals surface area contributed by atoms with Gasteiger partial charge in [-0.05, 0) is 70.6 Å². The average molecular weight is 362 g/mol. The van der Waals surface area contributed by atoms with Gasteiger partial charge in [-0.1, -0.05) is 18.2 Å². The van der Waals surface area contributed by atoms with Gasteiger partial charge >= 0.3 is 0 Å². The van der Waals surface area contributed by atoms with Crippen molar-refractivity contribution in [3.05, 3.63) is 47.7 Å². The van der Waals surface area contributed by atoms with Crippen molar-refractivity contribution in [2.45, 2.75) is 32.7 Å². The summed E-state index contributed by atoms with van der Waals surface area (Å²) in [6.45, 7) is 6.28. The first-order valence-electron chi connectivity index (χ1n) is 9.51. The summed E-state index contributed by atoms with van der Waals surface area (Å²) in [5, 5.41) is 7.95. The van der Waals surface area contributed by atoms with E-state index >= 15 is 0 Å². The maximum atomic E-state index is 4.81. The van der Waals surface area contributed by atoms with Crippen molar-refractivity contribution < 1.29 is 0 Å².